The number of benzene rings is 2. The normalized spacial score (nSPS) is 22.7. The fourth-order valence-electron chi connectivity index (χ4n) is 4.35. The average molecular weight is 388 g/mol. The van der Waals surface area contributed by atoms with Crippen molar-refractivity contribution in [2.75, 3.05) is 6.54 Å². The molecule has 4 rings (SSSR count). The van der Waals surface area contributed by atoms with Crippen molar-refractivity contribution in [3.63, 3.8) is 0 Å². The van der Waals surface area contributed by atoms with Gasteiger partial charge in [0.25, 0.3) is 5.91 Å². The van der Waals surface area contributed by atoms with Crippen molar-refractivity contribution in [1.82, 2.24) is 9.80 Å². The van der Waals surface area contributed by atoms with Gasteiger partial charge in [0.2, 0.25) is 12.1 Å². The molecular formula is C23H20N2O4. The second-order valence-corrected chi connectivity index (χ2v) is 7.21. The summed E-state index contributed by atoms with van der Waals surface area (Å²) in [5.74, 6) is 1.47. The second kappa shape index (κ2) is 7.10. The van der Waals surface area contributed by atoms with Crippen molar-refractivity contribution in [3.05, 3.63) is 71.3 Å². The van der Waals surface area contributed by atoms with Gasteiger partial charge in [-0.3, -0.25) is 19.3 Å². The maximum absolute atomic E-state index is 13.4. The first-order valence-corrected chi connectivity index (χ1v) is 9.34. The van der Waals surface area contributed by atoms with Gasteiger partial charge in [0.1, 0.15) is 5.54 Å². The Kier molecular flexibility index (Phi) is 4.59. The molecular weight excluding hydrogens is 368 g/mol. The number of terminal acetylenes is 1. The Morgan fingerprint density at radius 3 is 2.55 bits per heavy atom. The summed E-state index contributed by atoms with van der Waals surface area (Å²) in [7, 11) is 0. The minimum Gasteiger partial charge on any atom is -0.439 e. The van der Waals surface area contributed by atoms with Crippen LogP contribution in [0.25, 0.3) is 0 Å². The number of nitrogens with zero attached hydrogens (tertiary/aromatic N) is 2. The van der Waals surface area contributed by atoms with Gasteiger partial charge in [-0.25, -0.2) is 0 Å². The molecule has 29 heavy (non-hydrogen) atoms. The summed E-state index contributed by atoms with van der Waals surface area (Å²) >= 11 is 0. The van der Waals surface area contributed by atoms with Crippen LogP contribution in [-0.2, 0) is 26.4 Å². The van der Waals surface area contributed by atoms with Crippen LogP contribution < -0.4 is 0 Å². The van der Waals surface area contributed by atoms with Gasteiger partial charge in [-0.05, 0) is 17.2 Å². The molecule has 2 amide bonds. The van der Waals surface area contributed by atoms with E-state index in [9.17, 15) is 14.4 Å². The molecule has 1 saturated heterocycles. The van der Waals surface area contributed by atoms with Crippen LogP contribution in [0.3, 0.4) is 0 Å². The van der Waals surface area contributed by atoms with E-state index >= 15 is 0 Å². The van der Waals surface area contributed by atoms with E-state index in [-0.39, 0.29) is 31.3 Å². The van der Waals surface area contributed by atoms with Gasteiger partial charge in [0, 0.05) is 19.0 Å². The molecule has 1 spiro atoms. The predicted molar refractivity (Wildman–Crippen MR) is 105 cm³/mol. The smallest absolute Gasteiger partial charge is 0.304 e. The number of likely N-dealkylation sites (tertiary alicyclic amines) is 1. The van der Waals surface area contributed by atoms with E-state index in [4.69, 9.17) is 11.2 Å². The molecule has 146 valence electrons. The highest BCUT2D eigenvalue weighted by atomic mass is 16.6. The molecule has 2 aliphatic rings. The van der Waals surface area contributed by atoms with E-state index in [2.05, 4.69) is 5.92 Å². The quantitative estimate of drug-likeness (QED) is 0.595. The molecule has 0 N–H and O–H groups in total. The second-order valence-electron chi connectivity index (χ2n) is 7.21. The van der Waals surface area contributed by atoms with E-state index in [0.29, 0.717) is 11.1 Å². The third-order valence-electron chi connectivity index (χ3n) is 5.51. The van der Waals surface area contributed by atoms with Gasteiger partial charge in [-0.2, -0.15) is 0 Å². The Labute approximate surface area is 169 Å². The molecule has 6 nitrogen and oxygen atoms in total. The minimum atomic E-state index is -1.12. The molecule has 2 aromatic carbocycles. The van der Waals surface area contributed by atoms with Crippen LogP contribution in [0.15, 0.2) is 54.6 Å². The zero-order valence-electron chi connectivity index (χ0n) is 16.0. The van der Waals surface area contributed by atoms with Gasteiger partial charge in [0.05, 0.1) is 13.0 Å². The van der Waals surface area contributed by atoms with Crippen LogP contribution in [0.4, 0.5) is 0 Å². The highest BCUT2D eigenvalue weighted by molar-refractivity contribution is 6.02. The van der Waals surface area contributed by atoms with Gasteiger partial charge < -0.3 is 9.64 Å². The Balaban J connectivity index is 1.89. The highest BCUT2D eigenvalue weighted by Crippen LogP contribution is 2.50. The van der Waals surface area contributed by atoms with Gasteiger partial charge in [-0.1, -0.05) is 54.5 Å². The van der Waals surface area contributed by atoms with Crippen LogP contribution in [0.1, 0.15) is 34.8 Å². The third kappa shape index (κ3) is 2.87. The number of fused-ring (bicyclic) bond motifs is 2. The topological polar surface area (TPSA) is 66.9 Å². The van der Waals surface area contributed by atoms with Crippen LogP contribution in [-0.4, -0.2) is 40.4 Å². The largest absolute Gasteiger partial charge is 0.439 e. The molecule has 2 atom stereocenters. The minimum absolute atomic E-state index is 0.00220. The number of esters is 1. The Bertz CT molecular complexity index is 1030. The summed E-state index contributed by atoms with van der Waals surface area (Å²) in [6, 6.07) is 16.7. The summed E-state index contributed by atoms with van der Waals surface area (Å²) in [4.78, 5) is 41.3. The molecule has 1 fully saturated rings. The lowest BCUT2D eigenvalue weighted by molar-refractivity contribution is -0.166. The van der Waals surface area contributed by atoms with E-state index in [1.54, 1.807) is 17.0 Å². The Morgan fingerprint density at radius 2 is 1.86 bits per heavy atom. The van der Waals surface area contributed by atoms with Crippen LogP contribution in [0, 0.1) is 12.3 Å². The first-order valence-electron chi connectivity index (χ1n) is 9.34. The lowest BCUT2D eigenvalue weighted by atomic mass is 9.86. The van der Waals surface area contributed by atoms with Gasteiger partial charge in [0.15, 0.2) is 0 Å². The van der Waals surface area contributed by atoms with E-state index in [1.165, 1.54) is 11.8 Å². The highest BCUT2D eigenvalue weighted by Gasteiger charge is 2.63. The fourth-order valence-corrected chi connectivity index (χ4v) is 4.35. The zero-order chi connectivity index (χ0) is 20.6. The van der Waals surface area contributed by atoms with Crippen LogP contribution >= 0.6 is 0 Å². The van der Waals surface area contributed by atoms with Crippen molar-refractivity contribution < 1.29 is 19.1 Å². The maximum Gasteiger partial charge on any atom is 0.304 e. The van der Waals surface area contributed by atoms with Crippen LogP contribution in [0.2, 0.25) is 0 Å². The predicted octanol–water partition coefficient (Wildman–Crippen LogP) is 2.29. The lowest BCUT2D eigenvalue weighted by Crippen LogP contribution is -2.54. The lowest BCUT2D eigenvalue weighted by Gasteiger charge is -2.40. The zero-order valence-corrected chi connectivity index (χ0v) is 16.0. The maximum atomic E-state index is 13.4. The van der Waals surface area contributed by atoms with E-state index in [1.807, 2.05) is 42.5 Å². The summed E-state index contributed by atoms with van der Waals surface area (Å²) in [6.45, 7) is 1.56. The van der Waals surface area contributed by atoms with Crippen molar-refractivity contribution in [2.45, 2.75) is 31.7 Å². The van der Waals surface area contributed by atoms with E-state index < -0.39 is 17.7 Å². The van der Waals surface area contributed by atoms with Gasteiger partial charge in [-0.15, -0.1) is 6.42 Å². The number of hydrogen-bond acceptors (Lipinski definition) is 4. The molecule has 0 saturated carbocycles. The van der Waals surface area contributed by atoms with Crippen molar-refractivity contribution in [1.29, 1.82) is 0 Å². The molecule has 0 aromatic heterocycles. The fraction of sp³-hybridized carbons (Fsp3) is 0.261. The summed E-state index contributed by atoms with van der Waals surface area (Å²) in [6.07, 6.45) is 4.48. The molecule has 0 radical (unpaired) electrons. The molecule has 2 heterocycles. The van der Waals surface area contributed by atoms with Crippen molar-refractivity contribution in [3.8, 4) is 12.3 Å². The first-order chi connectivity index (χ1) is 14.0. The number of amides is 2. The van der Waals surface area contributed by atoms with Gasteiger partial charge >= 0.3 is 5.97 Å². The standard InChI is InChI=1S/C23H20N2O4/c1-3-13-24-20(27)14-23(22(24)29-16(2)26)19-12-8-7-11-18(19)21(28)25(23)15-17-9-5-4-6-10-17/h1,4-12,22H,13-15H2,2H3/t22-,23-/m1/s1. The van der Waals surface area contributed by atoms with Crippen LogP contribution in [0.5, 0.6) is 0 Å². The summed E-state index contributed by atoms with van der Waals surface area (Å²) in [5, 5.41) is 0. The van der Waals surface area contributed by atoms with E-state index in [0.717, 1.165) is 5.56 Å². The summed E-state index contributed by atoms with van der Waals surface area (Å²) < 4.78 is 5.63. The molecule has 2 aromatic rings. The summed E-state index contributed by atoms with van der Waals surface area (Å²) in [5.41, 5.74) is 0.983. The number of ether oxygens (including phenoxy) is 1. The monoisotopic (exact) mass is 388 g/mol. The SMILES string of the molecule is C#CCN1C(=O)C[C@@]2(c3ccccc3C(=O)N2Cc2ccccc2)[C@H]1OC(C)=O. The first kappa shape index (κ1) is 18.8. The number of carbonyl (C=O) groups excluding carboxylic acids is 3. The number of carbonyl (C=O) groups is 3. The Morgan fingerprint density at radius 1 is 1.17 bits per heavy atom. The number of hydrogen-bond donors (Lipinski definition) is 0. The average Bonchev–Trinajstić information content (AvgIpc) is 3.11. The third-order valence-corrected chi connectivity index (χ3v) is 5.51. The number of rotatable bonds is 4. The molecule has 6 heteroatoms. The molecule has 0 bridgehead atoms. The molecule has 2 aliphatic heterocycles. The Hall–Kier alpha value is -3.59. The van der Waals surface area contributed by atoms with Crippen molar-refractivity contribution in [2.24, 2.45) is 0 Å². The van der Waals surface area contributed by atoms with Crippen molar-refractivity contribution >= 4 is 17.8 Å². The molecule has 0 aliphatic carbocycles. The molecule has 0 unspecified atom stereocenters.